The van der Waals surface area contributed by atoms with E-state index in [1.807, 2.05) is 0 Å². The van der Waals surface area contributed by atoms with Gasteiger partial charge in [0.15, 0.2) is 0 Å². The molecule has 0 aromatic heterocycles. The number of aliphatic carboxylic acids is 1. The Bertz CT molecular complexity index is 345. The van der Waals surface area contributed by atoms with Crippen molar-refractivity contribution < 1.29 is 23.1 Å². The smallest absolute Gasteiger partial charge is 0.416 e. The molecule has 0 aromatic rings. The summed E-state index contributed by atoms with van der Waals surface area (Å²) in [4.78, 5) is 9.00. The first-order valence-corrected chi connectivity index (χ1v) is 3.73. The summed E-state index contributed by atoms with van der Waals surface area (Å²) < 4.78 is 35.4. The molecular weight excluding hydrogens is 197 g/mol. The molecule has 0 unspecified atom stereocenters. The maximum absolute atomic E-state index is 11.8. The molecule has 0 saturated heterocycles. The van der Waals surface area contributed by atoms with Crippen LogP contribution in [-0.2, 0) is 11.0 Å². The van der Waals surface area contributed by atoms with Crippen LogP contribution >= 0.6 is 0 Å². The molecule has 2 aliphatic rings. The predicted octanol–water partition coefficient (Wildman–Crippen LogP) is 2.78. The van der Waals surface area contributed by atoms with E-state index in [0.29, 0.717) is 0 Å². The average molecular weight is 204 g/mol. The lowest BCUT2D eigenvalue weighted by Gasteiger charge is -2.00. The fraction of sp³-hybridized carbons (Fsp3) is 0.222. The fourth-order valence-electron chi connectivity index (χ4n) is 0.922. The van der Waals surface area contributed by atoms with Crippen LogP contribution in [0.5, 0.6) is 0 Å². The van der Waals surface area contributed by atoms with E-state index in [1.54, 1.807) is 6.07 Å². The molecule has 0 atom stereocenters. The van der Waals surface area contributed by atoms with Crippen LogP contribution in [0.25, 0.3) is 11.1 Å². The third kappa shape index (κ3) is 2.76. The largest absolute Gasteiger partial charge is 0.481 e. The van der Waals surface area contributed by atoms with Crippen LogP contribution in [0.3, 0.4) is 0 Å². The Morgan fingerprint density at radius 2 is 1.57 bits per heavy atom. The van der Waals surface area contributed by atoms with Gasteiger partial charge in [0.2, 0.25) is 0 Å². The Balaban J connectivity index is 0.000000213. The second kappa shape index (κ2) is 3.32. The summed E-state index contributed by atoms with van der Waals surface area (Å²) in [5, 5.41) is 7.42. The maximum atomic E-state index is 11.8. The molecule has 0 spiro atoms. The van der Waals surface area contributed by atoms with E-state index in [1.165, 1.54) is 0 Å². The molecule has 2 aliphatic carbocycles. The highest BCUT2D eigenvalue weighted by Gasteiger charge is 2.34. The molecule has 2 rings (SSSR count). The Labute approximate surface area is 78.0 Å². The maximum Gasteiger partial charge on any atom is 0.416 e. The zero-order chi connectivity index (χ0) is 10.9. The molecule has 0 aliphatic heterocycles. The first-order chi connectivity index (χ1) is 6.30. The minimum Gasteiger partial charge on any atom is -0.481 e. The molecule has 0 radical (unpaired) electrons. The van der Waals surface area contributed by atoms with E-state index in [9.17, 15) is 13.2 Å². The second-order valence-corrected chi connectivity index (χ2v) is 2.82. The van der Waals surface area contributed by atoms with Crippen molar-refractivity contribution in [1.82, 2.24) is 0 Å². The quantitative estimate of drug-likeness (QED) is 0.716. The predicted molar refractivity (Wildman–Crippen MR) is 43.7 cm³/mol. The van der Waals surface area contributed by atoms with Crippen LogP contribution in [-0.4, -0.2) is 11.1 Å². The summed E-state index contributed by atoms with van der Waals surface area (Å²) >= 11 is 0. The number of fused-ring (bicyclic) bond motifs is 1. The molecule has 76 valence electrons. The zero-order valence-corrected chi connectivity index (χ0v) is 7.22. The number of hydrogen-bond donors (Lipinski definition) is 1. The van der Waals surface area contributed by atoms with Crippen molar-refractivity contribution in [2.75, 3.05) is 0 Å². The molecule has 2 nitrogen and oxygen atoms in total. The van der Waals surface area contributed by atoms with Crippen LogP contribution in [0.15, 0.2) is 18.2 Å². The summed E-state index contributed by atoms with van der Waals surface area (Å²) in [5.41, 5.74) is 0.930. The summed E-state index contributed by atoms with van der Waals surface area (Å²) in [7, 11) is 0. The summed E-state index contributed by atoms with van der Waals surface area (Å²) in [6.45, 7) is 1.08. The van der Waals surface area contributed by atoms with Crippen molar-refractivity contribution in [3.63, 3.8) is 0 Å². The van der Waals surface area contributed by atoms with Crippen molar-refractivity contribution in [3.8, 4) is 11.1 Å². The van der Waals surface area contributed by atoms with E-state index in [-0.39, 0.29) is 0 Å². The number of carboxylic acids is 1. The molecule has 0 fully saturated rings. The topological polar surface area (TPSA) is 37.3 Å². The number of carbonyl (C=O) groups is 1. The third-order valence-electron chi connectivity index (χ3n) is 1.51. The van der Waals surface area contributed by atoms with Gasteiger partial charge in [0.05, 0.1) is 5.56 Å². The lowest BCUT2D eigenvalue weighted by molar-refractivity contribution is -0.137. The standard InChI is InChI=1S/C7H3F3.C2H4O2/c8-7(9,10)6-2-4-1-5(4)3-6;1-2(3)4/h1-3H;1H3,(H,3,4). The van der Waals surface area contributed by atoms with E-state index in [4.69, 9.17) is 9.90 Å². The number of carboxylic acid groups (broad SMARTS) is 1. The number of halogens is 3. The Hall–Kier alpha value is -1.52. The SMILES string of the molecule is CC(=O)O.FC(F)(F)c1cc2cc-2c1. The van der Waals surface area contributed by atoms with Gasteiger partial charge in [-0.2, -0.15) is 13.2 Å². The first-order valence-electron chi connectivity index (χ1n) is 3.73. The highest BCUT2D eigenvalue weighted by atomic mass is 19.4. The van der Waals surface area contributed by atoms with E-state index in [2.05, 4.69) is 0 Å². The zero-order valence-electron chi connectivity index (χ0n) is 7.22. The van der Waals surface area contributed by atoms with Crippen LogP contribution in [0.1, 0.15) is 12.5 Å². The number of benzene rings is 1. The Morgan fingerprint density at radius 3 is 1.79 bits per heavy atom. The molecule has 5 heteroatoms. The van der Waals surface area contributed by atoms with Crippen molar-refractivity contribution in [3.05, 3.63) is 23.8 Å². The van der Waals surface area contributed by atoms with Gasteiger partial charge < -0.3 is 5.11 Å². The monoisotopic (exact) mass is 204 g/mol. The van der Waals surface area contributed by atoms with Crippen molar-refractivity contribution in [2.24, 2.45) is 0 Å². The van der Waals surface area contributed by atoms with Gasteiger partial charge in [0.25, 0.3) is 5.97 Å². The van der Waals surface area contributed by atoms with Gasteiger partial charge in [0.1, 0.15) is 0 Å². The van der Waals surface area contributed by atoms with Crippen LogP contribution in [0, 0.1) is 0 Å². The molecular formula is C9H7F3O2. The summed E-state index contributed by atoms with van der Waals surface area (Å²) in [6.07, 6.45) is -4.17. The van der Waals surface area contributed by atoms with Gasteiger partial charge in [0, 0.05) is 6.92 Å². The van der Waals surface area contributed by atoms with E-state index < -0.39 is 17.7 Å². The molecule has 0 heterocycles. The van der Waals surface area contributed by atoms with Crippen LogP contribution in [0.4, 0.5) is 13.2 Å². The van der Waals surface area contributed by atoms with E-state index in [0.717, 1.165) is 30.2 Å². The molecule has 0 aromatic carbocycles. The first kappa shape index (κ1) is 10.6. The van der Waals surface area contributed by atoms with Crippen molar-refractivity contribution in [1.29, 1.82) is 0 Å². The second-order valence-electron chi connectivity index (χ2n) is 2.82. The van der Waals surface area contributed by atoms with Crippen molar-refractivity contribution in [2.45, 2.75) is 13.1 Å². The number of rotatable bonds is 0. The Morgan fingerprint density at radius 1 is 1.21 bits per heavy atom. The van der Waals surface area contributed by atoms with Gasteiger partial charge in [-0.3, -0.25) is 4.79 Å². The molecule has 0 amide bonds. The minimum absolute atomic E-state index is 0.528. The number of alkyl halides is 3. The van der Waals surface area contributed by atoms with Gasteiger partial charge in [-0.1, -0.05) is 0 Å². The minimum atomic E-state index is -4.17. The Kier molecular flexibility index (Phi) is 2.51. The van der Waals surface area contributed by atoms with Gasteiger partial charge >= 0.3 is 6.18 Å². The van der Waals surface area contributed by atoms with Crippen LogP contribution < -0.4 is 0 Å². The lowest BCUT2D eigenvalue weighted by Crippen LogP contribution is -2.01. The van der Waals surface area contributed by atoms with Gasteiger partial charge in [-0.25, -0.2) is 0 Å². The fourth-order valence-corrected chi connectivity index (χ4v) is 0.922. The highest BCUT2D eigenvalue weighted by Crippen LogP contribution is 2.42. The molecule has 1 N–H and O–H groups in total. The van der Waals surface area contributed by atoms with Gasteiger partial charge in [-0.15, -0.1) is 0 Å². The average Bonchev–Trinajstić information content (AvgIpc) is 2.55. The summed E-state index contributed by atoms with van der Waals surface area (Å²) in [5.74, 6) is -0.833. The van der Waals surface area contributed by atoms with Crippen LogP contribution in [0.2, 0.25) is 0 Å². The molecule has 14 heavy (non-hydrogen) atoms. The lowest BCUT2D eigenvalue weighted by atomic mass is 10.3. The summed E-state index contributed by atoms with van der Waals surface area (Å²) in [6, 6.07) is 4.04. The van der Waals surface area contributed by atoms with Crippen molar-refractivity contribution >= 4 is 5.97 Å². The van der Waals surface area contributed by atoms with E-state index >= 15 is 0 Å². The molecule has 0 saturated carbocycles. The third-order valence-corrected chi connectivity index (χ3v) is 1.51. The normalized spacial score (nSPS) is 11.4. The highest BCUT2D eigenvalue weighted by molar-refractivity contribution is 5.82. The number of hydrogen-bond acceptors (Lipinski definition) is 1. The molecule has 0 bridgehead atoms. The van der Waals surface area contributed by atoms with Gasteiger partial charge in [-0.05, 0) is 29.3 Å².